The van der Waals surface area contributed by atoms with Gasteiger partial charge in [0, 0.05) is 6.42 Å². The van der Waals surface area contributed by atoms with E-state index in [1.54, 1.807) is 0 Å². The third-order valence-corrected chi connectivity index (χ3v) is 2.93. The van der Waals surface area contributed by atoms with Gasteiger partial charge in [0.25, 0.3) is 0 Å². The van der Waals surface area contributed by atoms with Gasteiger partial charge in [0.2, 0.25) is 0 Å². The van der Waals surface area contributed by atoms with Crippen molar-refractivity contribution in [2.45, 2.75) is 84.5 Å². The van der Waals surface area contributed by atoms with E-state index in [0.29, 0.717) is 0 Å². The molecule has 0 saturated carbocycles. The smallest absolute Gasteiger partial charge is 0.00922 e. The van der Waals surface area contributed by atoms with Crippen molar-refractivity contribution in [2.24, 2.45) is 0 Å². The van der Waals surface area contributed by atoms with Crippen LogP contribution in [0, 0.1) is 11.8 Å². The fraction of sp³-hybridized carbons (Fsp3) is 0.765. The van der Waals surface area contributed by atoms with Crippen LogP contribution < -0.4 is 0 Å². The van der Waals surface area contributed by atoms with Crippen molar-refractivity contribution in [1.29, 1.82) is 0 Å². The second kappa shape index (κ2) is 15.3. The summed E-state index contributed by atoms with van der Waals surface area (Å²) in [6, 6.07) is 0. The summed E-state index contributed by atoms with van der Waals surface area (Å²) in [5, 5.41) is 0. The summed E-state index contributed by atoms with van der Waals surface area (Å²) in [5.41, 5.74) is 0. The lowest BCUT2D eigenvalue weighted by atomic mass is 10.1. The van der Waals surface area contributed by atoms with E-state index in [4.69, 9.17) is 0 Å². The van der Waals surface area contributed by atoms with Crippen LogP contribution in [0.2, 0.25) is 0 Å². The van der Waals surface area contributed by atoms with Gasteiger partial charge < -0.3 is 0 Å². The second-order valence-corrected chi connectivity index (χ2v) is 4.74. The third-order valence-electron chi connectivity index (χ3n) is 2.93. The molecular formula is C17H30. The average Bonchev–Trinajstić information content (AvgIpc) is 2.35. The number of allylic oxidation sites excluding steroid dienone is 2. The van der Waals surface area contributed by atoms with E-state index in [-0.39, 0.29) is 0 Å². The molecule has 0 radical (unpaired) electrons. The Kier molecular flexibility index (Phi) is 14.7. The Hall–Kier alpha value is -0.700. The molecule has 0 amide bonds. The van der Waals surface area contributed by atoms with E-state index in [2.05, 4.69) is 31.8 Å². The van der Waals surface area contributed by atoms with Gasteiger partial charge in [0.1, 0.15) is 0 Å². The Morgan fingerprint density at radius 2 is 1.41 bits per heavy atom. The molecule has 0 nitrogen and oxygen atoms in total. The van der Waals surface area contributed by atoms with Crippen LogP contribution >= 0.6 is 0 Å². The van der Waals surface area contributed by atoms with Crippen LogP contribution in [-0.4, -0.2) is 0 Å². The van der Waals surface area contributed by atoms with Crippen molar-refractivity contribution in [1.82, 2.24) is 0 Å². The van der Waals surface area contributed by atoms with Crippen LogP contribution in [0.25, 0.3) is 0 Å². The van der Waals surface area contributed by atoms with Gasteiger partial charge >= 0.3 is 0 Å². The first kappa shape index (κ1) is 16.3. The van der Waals surface area contributed by atoms with Gasteiger partial charge in [-0.25, -0.2) is 0 Å². The minimum absolute atomic E-state index is 1.07. The summed E-state index contributed by atoms with van der Waals surface area (Å²) in [6.07, 6.45) is 18.6. The largest absolute Gasteiger partial charge is 0.0985 e. The van der Waals surface area contributed by atoms with Crippen LogP contribution in [0.5, 0.6) is 0 Å². The molecule has 0 aliphatic carbocycles. The molecule has 17 heavy (non-hydrogen) atoms. The van der Waals surface area contributed by atoms with Crippen LogP contribution in [0.1, 0.15) is 84.5 Å². The van der Waals surface area contributed by atoms with Gasteiger partial charge in [-0.15, -0.1) is 0 Å². The normalized spacial score (nSPS) is 10.5. The Morgan fingerprint density at radius 3 is 2.18 bits per heavy atom. The highest BCUT2D eigenvalue weighted by molar-refractivity contribution is 5.14. The zero-order valence-corrected chi connectivity index (χ0v) is 11.9. The van der Waals surface area contributed by atoms with E-state index in [9.17, 15) is 0 Å². The topological polar surface area (TPSA) is 0 Å². The molecule has 0 unspecified atom stereocenters. The quantitative estimate of drug-likeness (QED) is 0.327. The van der Waals surface area contributed by atoms with E-state index in [1.165, 1.54) is 64.2 Å². The molecule has 0 aliphatic rings. The second-order valence-electron chi connectivity index (χ2n) is 4.74. The van der Waals surface area contributed by atoms with E-state index < -0.39 is 0 Å². The fourth-order valence-corrected chi connectivity index (χ4v) is 1.78. The Bertz CT molecular complexity index is 214. The van der Waals surface area contributed by atoms with Crippen molar-refractivity contribution >= 4 is 0 Å². The van der Waals surface area contributed by atoms with Crippen LogP contribution in [-0.2, 0) is 0 Å². The molecule has 0 bridgehead atoms. The molecule has 0 saturated heterocycles. The molecule has 0 aromatic heterocycles. The average molecular weight is 234 g/mol. The van der Waals surface area contributed by atoms with E-state index in [0.717, 1.165) is 6.42 Å². The Labute approximate surface area is 109 Å². The minimum Gasteiger partial charge on any atom is -0.0985 e. The van der Waals surface area contributed by atoms with Gasteiger partial charge in [0.15, 0.2) is 0 Å². The van der Waals surface area contributed by atoms with Gasteiger partial charge in [-0.1, -0.05) is 76.7 Å². The monoisotopic (exact) mass is 234 g/mol. The maximum Gasteiger partial charge on any atom is 0.00922 e. The summed E-state index contributed by atoms with van der Waals surface area (Å²) < 4.78 is 0. The van der Waals surface area contributed by atoms with Crippen molar-refractivity contribution in [3.8, 4) is 11.8 Å². The molecular weight excluding hydrogens is 204 g/mol. The van der Waals surface area contributed by atoms with Gasteiger partial charge in [-0.3, -0.25) is 0 Å². The highest BCUT2D eigenvalue weighted by Gasteiger charge is 1.87. The molecule has 0 aliphatic heterocycles. The summed E-state index contributed by atoms with van der Waals surface area (Å²) in [6.45, 7) is 4.50. The SMILES string of the molecule is CCCCC/C=C/C#CCCCCCCCC. The molecule has 0 rings (SSSR count). The number of rotatable bonds is 10. The lowest BCUT2D eigenvalue weighted by molar-refractivity contribution is 0.614. The highest BCUT2D eigenvalue weighted by Crippen LogP contribution is 2.06. The first-order valence-corrected chi connectivity index (χ1v) is 7.55. The zero-order chi connectivity index (χ0) is 12.6. The lowest BCUT2D eigenvalue weighted by Gasteiger charge is -1.96. The summed E-state index contributed by atoms with van der Waals surface area (Å²) in [5.74, 6) is 6.36. The predicted octanol–water partition coefficient (Wildman–Crippen LogP) is 5.88. The molecule has 0 heteroatoms. The Balaban J connectivity index is 3.19. The maximum atomic E-state index is 3.23. The van der Waals surface area contributed by atoms with Crippen molar-refractivity contribution in [3.63, 3.8) is 0 Å². The fourth-order valence-electron chi connectivity index (χ4n) is 1.78. The van der Waals surface area contributed by atoms with Crippen molar-refractivity contribution in [3.05, 3.63) is 12.2 Å². The predicted molar refractivity (Wildman–Crippen MR) is 79.1 cm³/mol. The highest BCUT2D eigenvalue weighted by atomic mass is 13.9. The first-order chi connectivity index (χ1) is 8.41. The molecule has 0 heterocycles. The van der Waals surface area contributed by atoms with Gasteiger partial charge in [0.05, 0.1) is 0 Å². The van der Waals surface area contributed by atoms with Gasteiger partial charge in [-0.05, 0) is 25.3 Å². The van der Waals surface area contributed by atoms with Crippen LogP contribution in [0.15, 0.2) is 12.2 Å². The van der Waals surface area contributed by atoms with Crippen LogP contribution in [0.4, 0.5) is 0 Å². The molecule has 0 aromatic carbocycles. The van der Waals surface area contributed by atoms with Crippen LogP contribution in [0.3, 0.4) is 0 Å². The summed E-state index contributed by atoms with van der Waals surface area (Å²) in [7, 11) is 0. The molecule has 0 spiro atoms. The van der Waals surface area contributed by atoms with E-state index in [1.807, 2.05) is 6.08 Å². The first-order valence-electron chi connectivity index (χ1n) is 7.55. The number of unbranched alkanes of at least 4 members (excludes halogenated alkanes) is 9. The summed E-state index contributed by atoms with van der Waals surface area (Å²) in [4.78, 5) is 0. The lowest BCUT2D eigenvalue weighted by Crippen LogP contribution is -1.77. The zero-order valence-electron chi connectivity index (χ0n) is 11.9. The standard InChI is InChI=1S/C17H30/c1-3-5-7-9-11-13-15-17-16-14-12-10-8-6-4-2/h11,13H,3-10,12,14,16H2,1-2H3/b13-11+. The third kappa shape index (κ3) is 15.3. The Morgan fingerprint density at radius 1 is 0.765 bits per heavy atom. The number of hydrogen-bond acceptors (Lipinski definition) is 0. The van der Waals surface area contributed by atoms with Gasteiger partial charge in [-0.2, -0.15) is 0 Å². The molecule has 0 atom stereocenters. The molecule has 0 fully saturated rings. The summed E-state index contributed by atoms with van der Waals surface area (Å²) >= 11 is 0. The van der Waals surface area contributed by atoms with Crippen molar-refractivity contribution in [2.75, 3.05) is 0 Å². The maximum absolute atomic E-state index is 3.23. The molecule has 98 valence electrons. The van der Waals surface area contributed by atoms with Crippen molar-refractivity contribution < 1.29 is 0 Å². The molecule has 0 aromatic rings. The van der Waals surface area contributed by atoms with E-state index >= 15 is 0 Å². The number of hydrogen-bond donors (Lipinski definition) is 0. The minimum atomic E-state index is 1.07. The molecule has 0 N–H and O–H groups in total.